The van der Waals surface area contributed by atoms with Gasteiger partial charge in [0, 0.05) is 0 Å². The van der Waals surface area contributed by atoms with E-state index >= 15 is 0 Å². The minimum absolute atomic E-state index is 0.0541. The van der Waals surface area contributed by atoms with E-state index in [2.05, 4.69) is 0 Å². The molecule has 0 aliphatic rings. The topological polar surface area (TPSA) is 46.2 Å². The summed E-state index contributed by atoms with van der Waals surface area (Å²) in [6, 6.07) is 9.76. The van der Waals surface area contributed by atoms with Gasteiger partial charge in [0.2, 0.25) is 0 Å². The van der Waals surface area contributed by atoms with Crippen molar-refractivity contribution in [3.05, 3.63) is 59.7 Å². The van der Waals surface area contributed by atoms with Gasteiger partial charge in [-0.3, -0.25) is 0 Å². The smallest absolute Gasteiger partial charge is 0.133 e. The molecule has 4 heteroatoms. The molecule has 2 nitrogen and oxygen atoms in total. The molecule has 0 amide bonds. The van der Waals surface area contributed by atoms with Gasteiger partial charge >= 0.3 is 0 Å². The predicted octanol–water partition coefficient (Wildman–Crippen LogP) is 2.62. The van der Waals surface area contributed by atoms with Crippen molar-refractivity contribution in [2.24, 2.45) is 5.73 Å². The molecule has 0 aliphatic carbocycles. The second kappa shape index (κ2) is 5.25. The molecule has 0 radical (unpaired) electrons. The van der Waals surface area contributed by atoms with Crippen LogP contribution in [-0.4, -0.2) is 11.7 Å². The molecule has 94 valence electrons. The lowest BCUT2D eigenvalue weighted by Gasteiger charge is -2.10. The van der Waals surface area contributed by atoms with Crippen LogP contribution < -0.4 is 5.73 Å². The normalized spacial score (nSPS) is 12.4. The van der Waals surface area contributed by atoms with Crippen LogP contribution in [0.15, 0.2) is 42.5 Å². The number of hydrogen-bond donors (Lipinski definition) is 2. The van der Waals surface area contributed by atoms with Crippen molar-refractivity contribution < 1.29 is 13.9 Å². The molecular formula is C14H13F2NO. The van der Waals surface area contributed by atoms with Crippen molar-refractivity contribution in [1.82, 2.24) is 0 Å². The second-order valence-corrected chi connectivity index (χ2v) is 4.01. The van der Waals surface area contributed by atoms with Gasteiger partial charge in [-0.05, 0) is 23.3 Å². The molecule has 0 saturated heterocycles. The van der Waals surface area contributed by atoms with Gasteiger partial charge in [0.1, 0.15) is 11.6 Å². The van der Waals surface area contributed by atoms with E-state index < -0.39 is 17.7 Å². The largest absolute Gasteiger partial charge is 0.394 e. The number of halogens is 2. The summed E-state index contributed by atoms with van der Waals surface area (Å²) < 4.78 is 27.1. The van der Waals surface area contributed by atoms with Crippen molar-refractivity contribution in [1.29, 1.82) is 0 Å². The summed E-state index contributed by atoms with van der Waals surface area (Å²) in [7, 11) is 0. The Hall–Kier alpha value is -1.78. The van der Waals surface area contributed by atoms with Crippen LogP contribution in [0.3, 0.4) is 0 Å². The molecular weight excluding hydrogens is 236 g/mol. The highest BCUT2D eigenvalue weighted by Gasteiger charge is 2.11. The van der Waals surface area contributed by atoms with Crippen molar-refractivity contribution in [2.75, 3.05) is 6.61 Å². The monoisotopic (exact) mass is 249 g/mol. The molecule has 18 heavy (non-hydrogen) atoms. The molecule has 0 heterocycles. The van der Waals surface area contributed by atoms with Crippen LogP contribution in [0.1, 0.15) is 11.6 Å². The fraction of sp³-hybridized carbons (Fsp3) is 0.143. The molecule has 0 aliphatic heterocycles. The quantitative estimate of drug-likeness (QED) is 0.878. The third-order valence-electron chi connectivity index (χ3n) is 2.79. The van der Waals surface area contributed by atoms with Gasteiger partial charge in [-0.2, -0.15) is 0 Å². The van der Waals surface area contributed by atoms with Crippen molar-refractivity contribution >= 4 is 0 Å². The SMILES string of the molecule is NC(CO)c1ccc(-c2c(F)cccc2F)cc1. The molecule has 0 spiro atoms. The molecule has 0 bridgehead atoms. The Balaban J connectivity index is 2.41. The molecule has 0 aromatic heterocycles. The molecule has 2 aromatic rings. The number of nitrogens with two attached hydrogens (primary N) is 1. The highest BCUT2D eigenvalue weighted by atomic mass is 19.1. The second-order valence-electron chi connectivity index (χ2n) is 4.01. The number of aliphatic hydroxyl groups excluding tert-OH is 1. The highest BCUT2D eigenvalue weighted by molar-refractivity contribution is 5.65. The van der Waals surface area contributed by atoms with Gasteiger partial charge in [-0.1, -0.05) is 30.3 Å². The van der Waals surface area contributed by atoms with Crippen LogP contribution in [-0.2, 0) is 0 Å². The maximum atomic E-state index is 13.6. The lowest BCUT2D eigenvalue weighted by atomic mass is 10.0. The highest BCUT2D eigenvalue weighted by Crippen LogP contribution is 2.26. The van der Waals surface area contributed by atoms with Gasteiger partial charge < -0.3 is 10.8 Å². The lowest BCUT2D eigenvalue weighted by Crippen LogP contribution is -2.14. The van der Waals surface area contributed by atoms with Gasteiger partial charge in [0.05, 0.1) is 18.2 Å². The molecule has 3 N–H and O–H groups in total. The zero-order valence-corrected chi connectivity index (χ0v) is 9.61. The summed E-state index contributed by atoms with van der Waals surface area (Å²) in [6.45, 7) is -0.173. The summed E-state index contributed by atoms with van der Waals surface area (Å²) in [5, 5.41) is 8.92. The van der Waals surface area contributed by atoms with E-state index in [0.717, 1.165) is 5.56 Å². The van der Waals surface area contributed by atoms with E-state index in [9.17, 15) is 8.78 Å². The zero-order chi connectivity index (χ0) is 13.1. The lowest BCUT2D eigenvalue weighted by molar-refractivity contribution is 0.268. The molecule has 0 saturated carbocycles. The Bertz CT molecular complexity index is 520. The van der Waals surface area contributed by atoms with E-state index in [1.165, 1.54) is 18.2 Å². The van der Waals surface area contributed by atoms with Crippen LogP contribution in [0.2, 0.25) is 0 Å². The maximum Gasteiger partial charge on any atom is 0.133 e. The van der Waals surface area contributed by atoms with Crippen LogP contribution in [0.5, 0.6) is 0 Å². The summed E-state index contributed by atoms with van der Waals surface area (Å²) in [6.07, 6.45) is 0. The van der Waals surface area contributed by atoms with E-state index in [0.29, 0.717) is 5.56 Å². The summed E-state index contributed by atoms with van der Waals surface area (Å²) in [5.74, 6) is -1.21. The molecule has 0 fully saturated rings. The van der Waals surface area contributed by atoms with Crippen LogP contribution in [0, 0.1) is 11.6 Å². The Labute approximate surface area is 104 Å². The first kappa shape index (κ1) is 12.7. The minimum atomic E-state index is -0.603. The molecule has 1 unspecified atom stereocenters. The third-order valence-corrected chi connectivity index (χ3v) is 2.79. The number of aliphatic hydroxyl groups is 1. The fourth-order valence-electron chi connectivity index (χ4n) is 1.78. The van der Waals surface area contributed by atoms with Crippen LogP contribution in [0.4, 0.5) is 8.78 Å². The van der Waals surface area contributed by atoms with Crippen LogP contribution >= 0.6 is 0 Å². The Morgan fingerprint density at radius 2 is 1.56 bits per heavy atom. The first-order valence-corrected chi connectivity index (χ1v) is 5.54. The summed E-state index contributed by atoms with van der Waals surface area (Å²) in [4.78, 5) is 0. The third kappa shape index (κ3) is 2.39. The number of benzene rings is 2. The first-order valence-electron chi connectivity index (χ1n) is 5.54. The van der Waals surface area contributed by atoms with Crippen LogP contribution in [0.25, 0.3) is 11.1 Å². The van der Waals surface area contributed by atoms with Gasteiger partial charge in [0.25, 0.3) is 0 Å². The van der Waals surface area contributed by atoms with E-state index in [1.807, 2.05) is 0 Å². The minimum Gasteiger partial charge on any atom is -0.394 e. The summed E-state index contributed by atoms with van der Waals surface area (Å²) in [5.41, 5.74) is 6.75. The number of hydrogen-bond acceptors (Lipinski definition) is 2. The Morgan fingerprint density at radius 3 is 2.06 bits per heavy atom. The Morgan fingerprint density at radius 1 is 1.00 bits per heavy atom. The van der Waals surface area contributed by atoms with Gasteiger partial charge in [-0.25, -0.2) is 8.78 Å². The molecule has 2 rings (SSSR count). The zero-order valence-electron chi connectivity index (χ0n) is 9.61. The maximum absolute atomic E-state index is 13.6. The van der Waals surface area contributed by atoms with Crippen molar-refractivity contribution in [2.45, 2.75) is 6.04 Å². The van der Waals surface area contributed by atoms with E-state index in [4.69, 9.17) is 10.8 Å². The van der Waals surface area contributed by atoms with E-state index in [1.54, 1.807) is 24.3 Å². The van der Waals surface area contributed by atoms with Gasteiger partial charge in [0.15, 0.2) is 0 Å². The van der Waals surface area contributed by atoms with E-state index in [-0.39, 0.29) is 12.2 Å². The molecule has 1 atom stereocenters. The Kier molecular flexibility index (Phi) is 3.69. The number of rotatable bonds is 3. The van der Waals surface area contributed by atoms with Crippen molar-refractivity contribution in [3.63, 3.8) is 0 Å². The fourth-order valence-corrected chi connectivity index (χ4v) is 1.78. The first-order chi connectivity index (χ1) is 8.63. The molecule has 2 aromatic carbocycles. The standard InChI is InChI=1S/C14H13F2NO/c15-11-2-1-3-12(16)14(11)10-6-4-9(5-7-10)13(17)8-18/h1-7,13,18H,8,17H2. The average Bonchev–Trinajstić information content (AvgIpc) is 2.38. The average molecular weight is 249 g/mol. The predicted molar refractivity (Wildman–Crippen MR) is 65.8 cm³/mol. The van der Waals surface area contributed by atoms with Crippen molar-refractivity contribution in [3.8, 4) is 11.1 Å². The summed E-state index contributed by atoms with van der Waals surface area (Å²) >= 11 is 0. The van der Waals surface area contributed by atoms with Gasteiger partial charge in [-0.15, -0.1) is 0 Å².